The van der Waals surface area contributed by atoms with Crippen LogP contribution >= 0.6 is 24.1 Å². The highest BCUT2D eigenvalue weighted by Crippen LogP contribution is 2.31. The van der Waals surface area contributed by atoms with E-state index in [1.807, 2.05) is 38.1 Å². The fraction of sp³-hybridized carbons (Fsp3) is 0.400. The Bertz CT molecular complexity index is 239. The number of hydrogen-bond donors (Lipinski definition) is 0. The molecule has 0 radical (unpaired) electrons. The van der Waals surface area contributed by atoms with Crippen molar-refractivity contribution < 1.29 is 8.37 Å². The first-order valence-corrected chi connectivity index (χ1v) is 6.04. The van der Waals surface area contributed by atoms with Crippen molar-refractivity contribution in [3.05, 3.63) is 24.3 Å². The minimum atomic E-state index is 0.707. The molecule has 0 unspecified atom stereocenters. The van der Waals surface area contributed by atoms with Gasteiger partial charge < -0.3 is 8.37 Å². The number of rotatable bonds is 6. The third kappa shape index (κ3) is 3.92. The summed E-state index contributed by atoms with van der Waals surface area (Å²) in [6, 6.07) is 8.05. The van der Waals surface area contributed by atoms with Crippen LogP contribution in [0.3, 0.4) is 0 Å². The fourth-order valence-corrected chi connectivity index (χ4v) is 2.10. The van der Waals surface area contributed by atoms with E-state index in [9.17, 15) is 0 Å². The summed E-state index contributed by atoms with van der Waals surface area (Å²) in [4.78, 5) is 2.21. The molecule has 0 N–H and O–H groups in total. The zero-order chi connectivity index (χ0) is 10.2. The molecule has 1 rings (SSSR count). The predicted molar refractivity (Wildman–Crippen MR) is 61.4 cm³/mol. The van der Waals surface area contributed by atoms with Crippen molar-refractivity contribution in [2.75, 3.05) is 13.2 Å². The lowest BCUT2D eigenvalue weighted by Gasteiger charge is -2.06. The van der Waals surface area contributed by atoms with Crippen LogP contribution in [0.4, 0.5) is 0 Å². The summed E-state index contributed by atoms with van der Waals surface area (Å²) in [6.07, 6.45) is 0. The second-order valence-electron chi connectivity index (χ2n) is 2.43. The molecule has 0 spiro atoms. The average Bonchev–Trinajstić information content (AvgIpc) is 2.24. The van der Waals surface area contributed by atoms with Gasteiger partial charge in [-0.1, -0.05) is 12.1 Å². The van der Waals surface area contributed by atoms with E-state index in [0.29, 0.717) is 13.2 Å². The van der Waals surface area contributed by atoms with E-state index in [0.717, 1.165) is 9.79 Å². The third-order valence-electron chi connectivity index (χ3n) is 1.38. The summed E-state index contributed by atoms with van der Waals surface area (Å²) >= 11 is 2.79. The molecular weight excluding hydrogens is 216 g/mol. The lowest BCUT2D eigenvalue weighted by Crippen LogP contribution is -1.83. The normalized spacial score (nSPS) is 10.4. The maximum Gasteiger partial charge on any atom is 0.0590 e. The topological polar surface area (TPSA) is 18.5 Å². The maximum atomic E-state index is 5.29. The second kappa shape index (κ2) is 7.17. The Labute approximate surface area is 93.8 Å². The molecular formula is C10H14O2S2. The van der Waals surface area contributed by atoms with Crippen LogP contribution in [0.1, 0.15) is 13.8 Å². The summed E-state index contributed by atoms with van der Waals surface area (Å²) in [6.45, 7) is 5.37. The minimum absolute atomic E-state index is 0.707. The van der Waals surface area contributed by atoms with Gasteiger partial charge in [0.15, 0.2) is 0 Å². The summed E-state index contributed by atoms with van der Waals surface area (Å²) in [5.74, 6) is 0. The highest BCUT2D eigenvalue weighted by molar-refractivity contribution is 7.97. The lowest BCUT2D eigenvalue weighted by atomic mass is 10.4. The van der Waals surface area contributed by atoms with E-state index < -0.39 is 0 Å². The first kappa shape index (κ1) is 11.9. The Morgan fingerprint density at radius 1 is 0.929 bits per heavy atom. The monoisotopic (exact) mass is 230 g/mol. The van der Waals surface area contributed by atoms with Crippen molar-refractivity contribution in [2.45, 2.75) is 23.6 Å². The Morgan fingerprint density at radius 3 is 1.71 bits per heavy atom. The molecule has 0 saturated heterocycles. The molecule has 1 aromatic rings. The Hall–Kier alpha value is -0.160. The van der Waals surface area contributed by atoms with Crippen LogP contribution in [-0.2, 0) is 8.37 Å². The van der Waals surface area contributed by atoms with Crippen molar-refractivity contribution in [3.8, 4) is 0 Å². The molecule has 14 heavy (non-hydrogen) atoms. The largest absolute Gasteiger partial charge is 0.311 e. The smallest absolute Gasteiger partial charge is 0.0590 e. The van der Waals surface area contributed by atoms with Gasteiger partial charge in [-0.05, 0) is 26.0 Å². The van der Waals surface area contributed by atoms with Crippen molar-refractivity contribution in [1.29, 1.82) is 0 Å². The summed E-state index contributed by atoms with van der Waals surface area (Å²) < 4.78 is 10.6. The molecule has 0 atom stereocenters. The summed E-state index contributed by atoms with van der Waals surface area (Å²) in [7, 11) is 0. The van der Waals surface area contributed by atoms with Crippen LogP contribution in [0.2, 0.25) is 0 Å². The van der Waals surface area contributed by atoms with Gasteiger partial charge in [-0.25, -0.2) is 0 Å². The Morgan fingerprint density at radius 2 is 1.36 bits per heavy atom. The molecule has 0 bridgehead atoms. The van der Waals surface area contributed by atoms with Gasteiger partial charge >= 0.3 is 0 Å². The zero-order valence-corrected chi connectivity index (χ0v) is 9.99. The molecule has 4 heteroatoms. The highest BCUT2D eigenvalue weighted by atomic mass is 32.2. The van der Waals surface area contributed by atoms with E-state index in [2.05, 4.69) is 0 Å². The van der Waals surface area contributed by atoms with Crippen molar-refractivity contribution in [3.63, 3.8) is 0 Å². The molecule has 0 aliphatic rings. The van der Waals surface area contributed by atoms with Gasteiger partial charge in [0, 0.05) is 24.1 Å². The standard InChI is InChI=1S/C10H14O2S2/c1-3-11-13-9-7-5-6-8-10(9)14-12-4-2/h5-8H,3-4H2,1-2H3. The molecule has 78 valence electrons. The fourth-order valence-electron chi connectivity index (χ4n) is 0.833. The summed E-state index contributed by atoms with van der Waals surface area (Å²) in [5, 5.41) is 0. The predicted octanol–water partition coefficient (Wildman–Crippen LogP) is 3.77. The number of benzene rings is 1. The van der Waals surface area contributed by atoms with Gasteiger partial charge in [0.1, 0.15) is 0 Å². The van der Waals surface area contributed by atoms with E-state index >= 15 is 0 Å². The Balaban J connectivity index is 2.60. The maximum absolute atomic E-state index is 5.29. The molecule has 0 amide bonds. The highest BCUT2D eigenvalue weighted by Gasteiger charge is 2.03. The average molecular weight is 230 g/mol. The molecule has 1 aromatic carbocycles. The minimum Gasteiger partial charge on any atom is -0.311 e. The van der Waals surface area contributed by atoms with Gasteiger partial charge in [-0.3, -0.25) is 0 Å². The van der Waals surface area contributed by atoms with Gasteiger partial charge in [-0.2, -0.15) is 0 Å². The molecule has 0 aromatic heterocycles. The van der Waals surface area contributed by atoms with E-state index in [-0.39, 0.29) is 0 Å². The Kier molecular flexibility index (Phi) is 6.10. The first-order chi connectivity index (χ1) is 6.88. The van der Waals surface area contributed by atoms with Gasteiger partial charge in [0.2, 0.25) is 0 Å². The van der Waals surface area contributed by atoms with Crippen LogP contribution in [0.25, 0.3) is 0 Å². The van der Waals surface area contributed by atoms with Crippen molar-refractivity contribution in [1.82, 2.24) is 0 Å². The quantitative estimate of drug-likeness (QED) is 0.692. The van der Waals surface area contributed by atoms with Gasteiger partial charge in [0.05, 0.1) is 23.0 Å². The van der Waals surface area contributed by atoms with Crippen molar-refractivity contribution >= 4 is 24.1 Å². The summed E-state index contributed by atoms with van der Waals surface area (Å²) in [5.41, 5.74) is 0. The molecule has 0 aliphatic heterocycles. The van der Waals surface area contributed by atoms with E-state index in [1.165, 1.54) is 24.1 Å². The molecule has 0 fully saturated rings. The number of hydrogen-bond acceptors (Lipinski definition) is 4. The van der Waals surface area contributed by atoms with Crippen LogP contribution in [0.15, 0.2) is 34.1 Å². The van der Waals surface area contributed by atoms with Crippen LogP contribution < -0.4 is 0 Å². The molecule has 0 aliphatic carbocycles. The molecule has 0 heterocycles. The first-order valence-electron chi connectivity index (χ1n) is 4.56. The van der Waals surface area contributed by atoms with Crippen molar-refractivity contribution in [2.24, 2.45) is 0 Å². The lowest BCUT2D eigenvalue weighted by molar-refractivity contribution is 0.397. The van der Waals surface area contributed by atoms with E-state index in [4.69, 9.17) is 8.37 Å². The van der Waals surface area contributed by atoms with Crippen LogP contribution in [0.5, 0.6) is 0 Å². The molecule has 0 saturated carbocycles. The van der Waals surface area contributed by atoms with E-state index in [1.54, 1.807) is 0 Å². The van der Waals surface area contributed by atoms with Gasteiger partial charge in [-0.15, -0.1) is 0 Å². The van der Waals surface area contributed by atoms with Crippen LogP contribution in [0, 0.1) is 0 Å². The van der Waals surface area contributed by atoms with Crippen LogP contribution in [-0.4, -0.2) is 13.2 Å². The SMILES string of the molecule is CCOSc1ccccc1SOCC. The molecule has 2 nitrogen and oxygen atoms in total. The third-order valence-corrected chi connectivity index (χ3v) is 3.29. The van der Waals surface area contributed by atoms with Gasteiger partial charge in [0.25, 0.3) is 0 Å². The zero-order valence-electron chi connectivity index (χ0n) is 8.36. The second-order valence-corrected chi connectivity index (χ2v) is 4.11.